The lowest BCUT2D eigenvalue weighted by Crippen LogP contribution is -2.19. The molecule has 0 aliphatic carbocycles. The molecule has 3 aromatic rings. The second-order valence-corrected chi connectivity index (χ2v) is 6.22. The van der Waals surface area contributed by atoms with E-state index in [0.29, 0.717) is 36.7 Å². The molecule has 1 aliphatic rings. The summed E-state index contributed by atoms with van der Waals surface area (Å²) in [6.45, 7) is 1.07. The molecule has 1 N–H and O–H groups in total. The number of ether oxygens (including phenoxy) is 3. The van der Waals surface area contributed by atoms with E-state index in [-0.39, 0.29) is 17.3 Å². The highest BCUT2D eigenvalue weighted by molar-refractivity contribution is 5.68. The fourth-order valence-electron chi connectivity index (χ4n) is 3.02. The number of methoxy groups -OCH3 is 2. The monoisotopic (exact) mass is 381 g/mol. The first kappa shape index (κ1) is 18.0. The highest BCUT2D eigenvalue weighted by Gasteiger charge is 2.17. The maximum absolute atomic E-state index is 12.3. The zero-order chi connectivity index (χ0) is 19.5. The average molecular weight is 381 g/mol. The van der Waals surface area contributed by atoms with Crippen LogP contribution >= 0.6 is 0 Å². The molecule has 0 radical (unpaired) electrons. The molecule has 8 nitrogen and oxygen atoms in total. The van der Waals surface area contributed by atoms with E-state index >= 15 is 0 Å². The molecule has 4 rings (SSSR count). The Bertz CT molecular complexity index is 1080. The van der Waals surface area contributed by atoms with Crippen LogP contribution in [-0.4, -0.2) is 36.0 Å². The SMILES string of the molecule is COc1ccc(/C=C/c2nc(-c3cc4c([nH]c3=O)CCOC4)no2)cc1OC. The zero-order valence-electron chi connectivity index (χ0n) is 15.5. The molecule has 0 unspecified atom stereocenters. The minimum absolute atomic E-state index is 0.238. The predicted molar refractivity (Wildman–Crippen MR) is 102 cm³/mol. The van der Waals surface area contributed by atoms with Crippen molar-refractivity contribution in [2.45, 2.75) is 13.0 Å². The second-order valence-electron chi connectivity index (χ2n) is 6.22. The van der Waals surface area contributed by atoms with Crippen molar-refractivity contribution in [3.05, 3.63) is 57.3 Å². The van der Waals surface area contributed by atoms with Crippen LogP contribution < -0.4 is 15.0 Å². The third kappa shape index (κ3) is 3.54. The van der Waals surface area contributed by atoms with Gasteiger partial charge in [-0.1, -0.05) is 11.2 Å². The molecule has 0 bridgehead atoms. The molecule has 28 heavy (non-hydrogen) atoms. The van der Waals surface area contributed by atoms with Crippen molar-refractivity contribution in [1.82, 2.24) is 15.1 Å². The van der Waals surface area contributed by atoms with Crippen LogP contribution in [0.4, 0.5) is 0 Å². The summed E-state index contributed by atoms with van der Waals surface area (Å²) < 4.78 is 21.2. The van der Waals surface area contributed by atoms with Gasteiger partial charge in [-0.25, -0.2) is 0 Å². The molecule has 0 spiro atoms. The van der Waals surface area contributed by atoms with E-state index in [2.05, 4.69) is 15.1 Å². The van der Waals surface area contributed by atoms with E-state index in [9.17, 15) is 4.79 Å². The minimum Gasteiger partial charge on any atom is -0.493 e. The smallest absolute Gasteiger partial charge is 0.259 e. The number of nitrogens with zero attached hydrogens (tertiary/aromatic N) is 2. The number of aromatic amines is 1. The average Bonchev–Trinajstić information content (AvgIpc) is 3.20. The first-order chi connectivity index (χ1) is 13.7. The largest absolute Gasteiger partial charge is 0.493 e. The molecular formula is C20H19N3O5. The van der Waals surface area contributed by atoms with Crippen LogP contribution in [0.5, 0.6) is 11.5 Å². The van der Waals surface area contributed by atoms with Gasteiger partial charge in [0.25, 0.3) is 11.4 Å². The minimum atomic E-state index is -0.239. The number of benzene rings is 1. The molecule has 3 heterocycles. The molecule has 0 amide bonds. The summed E-state index contributed by atoms with van der Waals surface area (Å²) in [5.74, 6) is 1.80. The summed E-state index contributed by atoms with van der Waals surface area (Å²) in [5.41, 5.74) is 2.84. The predicted octanol–water partition coefficient (Wildman–Crippen LogP) is 2.69. The number of aromatic nitrogens is 3. The van der Waals surface area contributed by atoms with Gasteiger partial charge in [0, 0.05) is 18.2 Å². The quantitative estimate of drug-likeness (QED) is 0.725. The number of fused-ring (bicyclic) bond motifs is 1. The zero-order valence-corrected chi connectivity index (χ0v) is 15.5. The van der Waals surface area contributed by atoms with E-state index in [4.69, 9.17) is 18.7 Å². The number of hydrogen-bond acceptors (Lipinski definition) is 7. The molecule has 0 saturated carbocycles. The molecule has 0 atom stereocenters. The van der Waals surface area contributed by atoms with Gasteiger partial charge in [0.15, 0.2) is 11.5 Å². The lowest BCUT2D eigenvalue weighted by molar-refractivity contribution is 0.109. The van der Waals surface area contributed by atoms with Gasteiger partial charge in [0.05, 0.1) is 33.0 Å². The Morgan fingerprint density at radius 3 is 2.82 bits per heavy atom. The fraction of sp³-hybridized carbons (Fsp3) is 0.250. The first-order valence-corrected chi connectivity index (χ1v) is 8.75. The summed E-state index contributed by atoms with van der Waals surface area (Å²) in [4.78, 5) is 19.5. The third-order valence-electron chi connectivity index (χ3n) is 4.48. The van der Waals surface area contributed by atoms with Gasteiger partial charge in [-0.3, -0.25) is 4.79 Å². The number of H-pyrrole nitrogens is 1. The Balaban J connectivity index is 1.58. The van der Waals surface area contributed by atoms with Gasteiger partial charge < -0.3 is 23.7 Å². The Labute approximate surface area is 160 Å². The maximum atomic E-state index is 12.3. The van der Waals surface area contributed by atoms with Gasteiger partial charge in [0.2, 0.25) is 5.82 Å². The van der Waals surface area contributed by atoms with Crippen LogP contribution in [0.2, 0.25) is 0 Å². The van der Waals surface area contributed by atoms with Crippen molar-refractivity contribution in [2.24, 2.45) is 0 Å². The topological polar surface area (TPSA) is 99.5 Å². The molecule has 2 aromatic heterocycles. The lowest BCUT2D eigenvalue weighted by Gasteiger charge is -2.15. The summed E-state index contributed by atoms with van der Waals surface area (Å²) >= 11 is 0. The number of rotatable bonds is 5. The summed E-state index contributed by atoms with van der Waals surface area (Å²) in [6.07, 6.45) is 4.17. The van der Waals surface area contributed by atoms with Crippen LogP contribution in [0, 0.1) is 0 Å². The highest BCUT2D eigenvalue weighted by atomic mass is 16.5. The molecule has 0 fully saturated rings. The maximum Gasteiger partial charge on any atom is 0.259 e. The Morgan fingerprint density at radius 1 is 1.14 bits per heavy atom. The standard InChI is InChI=1S/C20H19N3O5/c1-25-16-5-3-12(9-17(16)26-2)4-6-18-22-19(23-28-18)14-10-13-11-27-8-7-15(13)21-20(14)24/h3-6,9-10H,7-8,11H2,1-2H3,(H,21,24)/b6-4+. The van der Waals surface area contributed by atoms with E-state index in [0.717, 1.165) is 16.8 Å². The lowest BCUT2D eigenvalue weighted by atomic mass is 10.1. The summed E-state index contributed by atoms with van der Waals surface area (Å²) in [7, 11) is 3.17. The van der Waals surface area contributed by atoms with Crippen LogP contribution in [0.3, 0.4) is 0 Å². The molecule has 1 aromatic carbocycles. The number of pyridine rings is 1. The number of hydrogen-bond donors (Lipinski definition) is 1. The molecule has 144 valence electrons. The van der Waals surface area contributed by atoms with Gasteiger partial charge in [-0.2, -0.15) is 4.98 Å². The molecular weight excluding hydrogens is 362 g/mol. The second kappa shape index (κ2) is 7.69. The number of nitrogens with one attached hydrogen (secondary N) is 1. The van der Waals surface area contributed by atoms with Gasteiger partial charge >= 0.3 is 0 Å². The van der Waals surface area contributed by atoms with Crippen LogP contribution in [0.15, 0.2) is 33.6 Å². The van der Waals surface area contributed by atoms with Crippen LogP contribution in [0.1, 0.15) is 22.7 Å². The van der Waals surface area contributed by atoms with Crippen molar-refractivity contribution in [1.29, 1.82) is 0 Å². The first-order valence-electron chi connectivity index (χ1n) is 8.75. The van der Waals surface area contributed by atoms with Gasteiger partial charge in [0.1, 0.15) is 0 Å². The van der Waals surface area contributed by atoms with E-state index in [1.807, 2.05) is 24.3 Å². The Morgan fingerprint density at radius 2 is 2.00 bits per heavy atom. The van der Waals surface area contributed by atoms with E-state index in [1.165, 1.54) is 0 Å². The van der Waals surface area contributed by atoms with Gasteiger partial charge in [-0.15, -0.1) is 0 Å². The molecule has 0 saturated heterocycles. The van der Waals surface area contributed by atoms with Crippen molar-refractivity contribution in [3.8, 4) is 22.9 Å². The highest BCUT2D eigenvalue weighted by Crippen LogP contribution is 2.28. The van der Waals surface area contributed by atoms with Crippen LogP contribution in [-0.2, 0) is 17.8 Å². The molecule has 8 heteroatoms. The van der Waals surface area contributed by atoms with Crippen molar-refractivity contribution >= 4 is 12.2 Å². The fourth-order valence-corrected chi connectivity index (χ4v) is 3.02. The van der Waals surface area contributed by atoms with E-state index in [1.54, 1.807) is 26.4 Å². The van der Waals surface area contributed by atoms with E-state index < -0.39 is 0 Å². The van der Waals surface area contributed by atoms with Crippen molar-refractivity contribution in [3.63, 3.8) is 0 Å². The Hall–Kier alpha value is -3.39. The normalized spacial score (nSPS) is 13.5. The Kier molecular flexibility index (Phi) is 4.94. The van der Waals surface area contributed by atoms with Crippen molar-refractivity contribution in [2.75, 3.05) is 20.8 Å². The van der Waals surface area contributed by atoms with Crippen LogP contribution in [0.25, 0.3) is 23.5 Å². The molecule has 1 aliphatic heterocycles. The van der Waals surface area contributed by atoms with Crippen molar-refractivity contribution < 1.29 is 18.7 Å². The summed E-state index contributed by atoms with van der Waals surface area (Å²) in [6, 6.07) is 7.29. The van der Waals surface area contributed by atoms with Gasteiger partial charge in [-0.05, 0) is 35.4 Å². The third-order valence-corrected chi connectivity index (χ3v) is 4.48. The summed E-state index contributed by atoms with van der Waals surface area (Å²) in [5, 5.41) is 3.93.